The van der Waals surface area contributed by atoms with Gasteiger partial charge in [0.05, 0.1) is 11.1 Å². The molecule has 0 unspecified atom stereocenters. The lowest BCUT2D eigenvalue weighted by atomic mass is 10.2. The van der Waals surface area contributed by atoms with E-state index in [1.807, 2.05) is 11.4 Å². The average Bonchev–Trinajstić information content (AvgIpc) is 3.18. The van der Waals surface area contributed by atoms with Gasteiger partial charge in [-0.15, -0.1) is 11.3 Å². The van der Waals surface area contributed by atoms with Crippen LogP contribution in [0.1, 0.15) is 32.2 Å². The van der Waals surface area contributed by atoms with E-state index < -0.39 is 0 Å². The number of thiophene rings is 1. The van der Waals surface area contributed by atoms with Crippen LogP contribution in [0, 0.1) is 20.8 Å². The van der Waals surface area contributed by atoms with Crippen molar-refractivity contribution >= 4 is 23.5 Å². The van der Waals surface area contributed by atoms with Crippen LogP contribution in [0.4, 0.5) is 0 Å². The molecule has 0 bridgehead atoms. The lowest BCUT2D eigenvalue weighted by Gasteiger charge is -2.09. The third kappa shape index (κ3) is 3.31. The van der Waals surface area contributed by atoms with Gasteiger partial charge in [0.15, 0.2) is 0 Å². The molecule has 0 aliphatic heterocycles. The summed E-state index contributed by atoms with van der Waals surface area (Å²) in [5.74, 6) is -0.186. The van der Waals surface area contributed by atoms with Crippen LogP contribution < -0.4 is 5.43 Å². The first-order chi connectivity index (χ1) is 11.6. The smallest absolute Gasteiger partial charge is 0.281 e. The SMILES string of the molecule is Cc1ccc(-n2c(C)cc(/C=N\NC(=O)c3cccs3)c2C)cc1. The zero-order chi connectivity index (χ0) is 17.1. The number of carbonyl (C=O) groups excluding carboxylic acids is 1. The van der Waals surface area contributed by atoms with Crippen molar-refractivity contribution in [3.8, 4) is 5.69 Å². The Kier molecular flexibility index (Phi) is 4.62. The van der Waals surface area contributed by atoms with Gasteiger partial charge in [-0.25, -0.2) is 5.43 Å². The number of aromatic nitrogens is 1. The molecule has 2 heterocycles. The van der Waals surface area contributed by atoms with Crippen molar-refractivity contribution < 1.29 is 4.79 Å². The molecular weight excluding hydrogens is 318 g/mol. The summed E-state index contributed by atoms with van der Waals surface area (Å²) in [4.78, 5) is 12.5. The highest BCUT2D eigenvalue weighted by Gasteiger charge is 2.09. The Labute approximate surface area is 145 Å². The number of hydrogen-bond donors (Lipinski definition) is 1. The van der Waals surface area contributed by atoms with Gasteiger partial charge in [0.1, 0.15) is 0 Å². The molecule has 0 saturated heterocycles. The maximum atomic E-state index is 11.9. The van der Waals surface area contributed by atoms with Crippen LogP contribution in [-0.4, -0.2) is 16.7 Å². The lowest BCUT2D eigenvalue weighted by Crippen LogP contribution is -2.16. The number of carbonyl (C=O) groups is 1. The van der Waals surface area contributed by atoms with Crippen LogP contribution in [0.15, 0.2) is 52.9 Å². The van der Waals surface area contributed by atoms with Crippen LogP contribution in [0.25, 0.3) is 5.69 Å². The summed E-state index contributed by atoms with van der Waals surface area (Å²) in [7, 11) is 0. The number of nitrogens with one attached hydrogen (secondary N) is 1. The molecule has 0 radical (unpaired) electrons. The maximum absolute atomic E-state index is 11.9. The highest BCUT2D eigenvalue weighted by molar-refractivity contribution is 7.12. The Hall–Kier alpha value is -2.66. The summed E-state index contributed by atoms with van der Waals surface area (Å²) in [6, 6.07) is 14.1. The van der Waals surface area contributed by atoms with Crippen LogP contribution >= 0.6 is 11.3 Å². The normalized spacial score (nSPS) is 11.1. The quantitative estimate of drug-likeness (QED) is 0.562. The van der Waals surface area contributed by atoms with E-state index in [0.29, 0.717) is 4.88 Å². The number of rotatable bonds is 4. The van der Waals surface area contributed by atoms with E-state index in [2.05, 4.69) is 66.2 Å². The molecule has 2 aromatic heterocycles. The second-order valence-corrected chi connectivity index (χ2v) is 6.62. The fraction of sp³-hybridized carbons (Fsp3) is 0.158. The van der Waals surface area contributed by atoms with Crippen molar-refractivity contribution in [2.45, 2.75) is 20.8 Å². The molecule has 0 aliphatic carbocycles. The van der Waals surface area contributed by atoms with Crippen LogP contribution in [0.3, 0.4) is 0 Å². The summed E-state index contributed by atoms with van der Waals surface area (Å²) in [5, 5.41) is 5.96. The van der Waals surface area contributed by atoms with Crippen molar-refractivity contribution in [1.82, 2.24) is 9.99 Å². The highest BCUT2D eigenvalue weighted by atomic mass is 32.1. The number of hydrazone groups is 1. The van der Waals surface area contributed by atoms with Crippen LogP contribution in [-0.2, 0) is 0 Å². The van der Waals surface area contributed by atoms with Crippen molar-refractivity contribution in [2.24, 2.45) is 5.10 Å². The Bertz CT molecular complexity index is 874. The maximum Gasteiger partial charge on any atom is 0.281 e. The molecule has 122 valence electrons. The van der Waals surface area contributed by atoms with E-state index in [-0.39, 0.29) is 5.91 Å². The average molecular weight is 337 g/mol. The third-order valence-corrected chi connectivity index (χ3v) is 4.75. The Morgan fingerprint density at radius 1 is 1.17 bits per heavy atom. The topological polar surface area (TPSA) is 46.4 Å². The molecule has 0 fully saturated rings. The van der Waals surface area contributed by atoms with Crippen LogP contribution in [0.5, 0.6) is 0 Å². The predicted molar refractivity (Wildman–Crippen MR) is 99.4 cm³/mol. The molecule has 0 saturated carbocycles. The number of nitrogens with zero attached hydrogens (tertiary/aromatic N) is 2. The fourth-order valence-electron chi connectivity index (χ4n) is 2.63. The minimum Gasteiger partial charge on any atom is -0.318 e. The van der Waals surface area contributed by atoms with Gasteiger partial charge in [0.25, 0.3) is 5.91 Å². The first-order valence-electron chi connectivity index (χ1n) is 7.69. The zero-order valence-electron chi connectivity index (χ0n) is 13.9. The first-order valence-corrected chi connectivity index (χ1v) is 8.57. The van der Waals surface area contributed by atoms with Gasteiger partial charge in [-0.2, -0.15) is 5.10 Å². The molecule has 3 rings (SSSR count). The number of hydrogen-bond acceptors (Lipinski definition) is 3. The number of benzene rings is 1. The molecule has 0 aliphatic rings. The lowest BCUT2D eigenvalue weighted by molar-refractivity contribution is 0.0959. The Morgan fingerprint density at radius 2 is 1.92 bits per heavy atom. The predicted octanol–water partition coefficient (Wildman–Crippen LogP) is 4.23. The summed E-state index contributed by atoms with van der Waals surface area (Å²) in [6.45, 7) is 6.19. The molecule has 3 aromatic rings. The van der Waals surface area contributed by atoms with E-state index in [0.717, 1.165) is 22.6 Å². The monoisotopic (exact) mass is 337 g/mol. The Balaban J connectivity index is 1.80. The van der Waals surface area contributed by atoms with Crippen molar-refractivity contribution in [3.05, 3.63) is 75.2 Å². The molecule has 0 spiro atoms. The third-order valence-electron chi connectivity index (χ3n) is 3.88. The summed E-state index contributed by atoms with van der Waals surface area (Å²) >= 11 is 1.40. The first kappa shape index (κ1) is 16.2. The van der Waals surface area contributed by atoms with Crippen LogP contribution in [0.2, 0.25) is 0 Å². The van der Waals surface area contributed by atoms with Gasteiger partial charge in [-0.05, 0) is 50.4 Å². The van der Waals surface area contributed by atoms with Crippen molar-refractivity contribution in [3.63, 3.8) is 0 Å². The largest absolute Gasteiger partial charge is 0.318 e. The van der Waals surface area contributed by atoms with Gasteiger partial charge in [-0.3, -0.25) is 4.79 Å². The number of amides is 1. The molecule has 0 atom stereocenters. The molecule has 5 heteroatoms. The molecule has 4 nitrogen and oxygen atoms in total. The van der Waals surface area contributed by atoms with Crippen molar-refractivity contribution in [2.75, 3.05) is 0 Å². The van der Waals surface area contributed by atoms with Gasteiger partial charge in [0, 0.05) is 22.6 Å². The van der Waals surface area contributed by atoms with Gasteiger partial charge >= 0.3 is 0 Å². The summed E-state index contributed by atoms with van der Waals surface area (Å²) < 4.78 is 2.18. The number of aryl methyl sites for hydroxylation is 2. The Morgan fingerprint density at radius 3 is 2.58 bits per heavy atom. The summed E-state index contributed by atoms with van der Waals surface area (Å²) in [6.07, 6.45) is 1.69. The zero-order valence-corrected chi connectivity index (χ0v) is 14.7. The fourth-order valence-corrected chi connectivity index (χ4v) is 3.25. The molecule has 1 amide bonds. The minimum atomic E-state index is -0.186. The second-order valence-electron chi connectivity index (χ2n) is 5.67. The second kappa shape index (κ2) is 6.84. The van der Waals surface area contributed by atoms with E-state index in [9.17, 15) is 4.79 Å². The van der Waals surface area contributed by atoms with Crippen molar-refractivity contribution in [1.29, 1.82) is 0 Å². The van der Waals surface area contributed by atoms with E-state index in [1.54, 1.807) is 12.3 Å². The van der Waals surface area contributed by atoms with Gasteiger partial charge < -0.3 is 4.57 Å². The summed E-state index contributed by atoms with van der Waals surface area (Å²) in [5.41, 5.74) is 8.13. The van der Waals surface area contributed by atoms with Gasteiger partial charge in [0.2, 0.25) is 0 Å². The molecule has 24 heavy (non-hydrogen) atoms. The molecule has 1 aromatic carbocycles. The highest BCUT2D eigenvalue weighted by Crippen LogP contribution is 2.20. The van der Waals surface area contributed by atoms with E-state index >= 15 is 0 Å². The minimum absolute atomic E-state index is 0.186. The van der Waals surface area contributed by atoms with Gasteiger partial charge in [-0.1, -0.05) is 23.8 Å². The van der Waals surface area contributed by atoms with E-state index in [1.165, 1.54) is 16.9 Å². The van der Waals surface area contributed by atoms with E-state index in [4.69, 9.17) is 0 Å². The molecular formula is C19H19N3OS. The molecule has 1 N–H and O–H groups in total. The standard InChI is InChI=1S/C19H19N3OS/c1-13-6-8-17(9-7-13)22-14(2)11-16(15(22)3)12-20-21-19(23)18-5-4-10-24-18/h4-12H,1-3H3,(H,21,23)/b20-12-.